The molecule has 1 rings (SSSR count). The highest BCUT2D eigenvalue weighted by atomic mass is 16.3. The van der Waals surface area contributed by atoms with E-state index in [2.05, 4.69) is 0 Å². The third kappa shape index (κ3) is 2.56. The van der Waals surface area contributed by atoms with E-state index < -0.39 is 11.5 Å². The second-order valence-corrected chi connectivity index (χ2v) is 3.28. The van der Waals surface area contributed by atoms with Crippen molar-refractivity contribution in [2.24, 2.45) is 5.73 Å². The average Bonchev–Trinajstić information content (AvgIpc) is 2.04. The number of benzene rings is 1. The zero-order valence-corrected chi connectivity index (χ0v) is 7.53. The molecule has 0 saturated heterocycles. The van der Waals surface area contributed by atoms with Gasteiger partial charge in [0.05, 0.1) is 12.0 Å². The van der Waals surface area contributed by atoms with E-state index in [-0.39, 0.29) is 6.42 Å². The molecule has 0 saturated carbocycles. The van der Waals surface area contributed by atoms with Crippen molar-refractivity contribution in [1.82, 2.24) is 0 Å². The molecule has 0 heterocycles. The summed E-state index contributed by atoms with van der Waals surface area (Å²) in [5, 5.41) is 9.86. The monoisotopic (exact) mass is 179 g/mol. The van der Waals surface area contributed by atoms with Gasteiger partial charge in [-0.05, 0) is 12.5 Å². The Morgan fingerprint density at radius 2 is 2.00 bits per heavy atom. The predicted octanol–water partition coefficient (Wildman–Crippen LogP) is 0.770. The van der Waals surface area contributed by atoms with Crippen molar-refractivity contribution in [2.75, 3.05) is 0 Å². The highest BCUT2D eigenvalue weighted by Gasteiger charge is 2.24. The van der Waals surface area contributed by atoms with Crippen LogP contribution in [-0.2, 0) is 10.4 Å². The summed E-state index contributed by atoms with van der Waals surface area (Å²) in [6.07, 6.45) is -0.0585. The number of nitrogens with two attached hydrogens (primary N) is 1. The Hall–Kier alpha value is -1.35. The fraction of sp³-hybridized carbons (Fsp3) is 0.300. The Morgan fingerprint density at radius 1 is 1.46 bits per heavy atom. The quantitative estimate of drug-likeness (QED) is 0.719. The molecular formula is C10H13NO2. The first-order chi connectivity index (χ1) is 6.02. The zero-order chi connectivity index (χ0) is 9.90. The molecule has 13 heavy (non-hydrogen) atoms. The summed E-state index contributed by atoms with van der Waals surface area (Å²) in [6, 6.07) is 9.01. The van der Waals surface area contributed by atoms with Gasteiger partial charge in [-0.3, -0.25) is 4.79 Å². The minimum atomic E-state index is -1.16. The average molecular weight is 179 g/mol. The molecule has 0 aliphatic rings. The molecule has 1 atom stereocenters. The van der Waals surface area contributed by atoms with Crippen LogP contribution in [0.5, 0.6) is 0 Å². The number of carbonyl (C=O) groups excluding carboxylic acids is 1. The molecule has 1 aromatic rings. The topological polar surface area (TPSA) is 63.3 Å². The van der Waals surface area contributed by atoms with E-state index >= 15 is 0 Å². The van der Waals surface area contributed by atoms with Gasteiger partial charge in [-0.1, -0.05) is 30.3 Å². The summed E-state index contributed by atoms with van der Waals surface area (Å²) in [5.74, 6) is -0.506. The molecule has 0 spiro atoms. The molecule has 0 aliphatic heterocycles. The molecule has 1 aromatic carbocycles. The van der Waals surface area contributed by atoms with Crippen LogP contribution in [0.3, 0.4) is 0 Å². The van der Waals surface area contributed by atoms with Gasteiger partial charge in [-0.2, -0.15) is 0 Å². The van der Waals surface area contributed by atoms with Crippen LogP contribution in [0.25, 0.3) is 0 Å². The van der Waals surface area contributed by atoms with E-state index in [1.807, 2.05) is 18.2 Å². The molecule has 3 heteroatoms. The molecule has 0 unspecified atom stereocenters. The standard InChI is InChI=1S/C10H13NO2/c1-10(13,7-9(11)12)8-5-3-2-4-6-8/h2-6,13H,7H2,1H3,(H2,11,12)/t10-/m1/s1. The van der Waals surface area contributed by atoms with Crippen LogP contribution in [0.2, 0.25) is 0 Å². The minimum absolute atomic E-state index is 0.0585. The van der Waals surface area contributed by atoms with Gasteiger partial charge in [0.15, 0.2) is 0 Å². The molecule has 0 fully saturated rings. The number of primary amides is 1. The molecule has 0 radical (unpaired) electrons. The highest BCUT2D eigenvalue weighted by Crippen LogP contribution is 2.23. The zero-order valence-electron chi connectivity index (χ0n) is 7.53. The van der Waals surface area contributed by atoms with Crippen molar-refractivity contribution in [2.45, 2.75) is 18.9 Å². The van der Waals surface area contributed by atoms with E-state index in [9.17, 15) is 9.90 Å². The smallest absolute Gasteiger partial charge is 0.220 e. The van der Waals surface area contributed by atoms with Crippen molar-refractivity contribution in [1.29, 1.82) is 0 Å². The van der Waals surface area contributed by atoms with Crippen LogP contribution in [0, 0.1) is 0 Å². The normalized spacial score (nSPS) is 14.9. The van der Waals surface area contributed by atoms with E-state index in [0.29, 0.717) is 5.56 Å². The first-order valence-corrected chi connectivity index (χ1v) is 4.08. The predicted molar refractivity (Wildman–Crippen MR) is 49.8 cm³/mol. The molecule has 0 aromatic heterocycles. The summed E-state index contributed by atoms with van der Waals surface area (Å²) >= 11 is 0. The Balaban J connectivity index is 2.87. The Kier molecular flexibility index (Phi) is 2.68. The lowest BCUT2D eigenvalue weighted by Crippen LogP contribution is -2.28. The number of hydrogen-bond donors (Lipinski definition) is 2. The second-order valence-electron chi connectivity index (χ2n) is 3.28. The van der Waals surface area contributed by atoms with Crippen LogP contribution in [0.15, 0.2) is 30.3 Å². The summed E-state index contributed by atoms with van der Waals surface area (Å²) < 4.78 is 0. The van der Waals surface area contributed by atoms with E-state index in [1.54, 1.807) is 19.1 Å². The van der Waals surface area contributed by atoms with Crippen molar-refractivity contribution in [3.8, 4) is 0 Å². The molecule has 3 N–H and O–H groups in total. The van der Waals surface area contributed by atoms with Gasteiger partial charge in [0, 0.05) is 0 Å². The van der Waals surface area contributed by atoms with Gasteiger partial charge in [-0.15, -0.1) is 0 Å². The fourth-order valence-corrected chi connectivity index (χ4v) is 1.24. The minimum Gasteiger partial charge on any atom is -0.385 e. The maximum Gasteiger partial charge on any atom is 0.220 e. The number of hydrogen-bond acceptors (Lipinski definition) is 2. The van der Waals surface area contributed by atoms with E-state index in [1.165, 1.54) is 0 Å². The maximum absolute atomic E-state index is 10.7. The van der Waals surface area contributed by atoms with Crippen molar-refractivity contribution in [3.05, 3.63) is 35.9 Å². The largest absolute Gasteiger partial charge is 0.385 e. The number of amides is 1. The third-order valence-corrected chi connectivity index (χ3v) is 1.91. The molecular weight excluding hydrogens is 166 g/mol. The van der Waals surface area contributed by atoms with Gasteiger partial charge in [-0.25, -0.2) is 0 Å². The Labute approximate surface area is 77.2 Å². The molecule has 1 amide bonds. The van der Waals surface area contributed by atoms with Crippen molar-refractivity contribution in [3.63, 3.8) is 0 Å². The molecule has 0 aliphatic carbocycles. The van der Waals surface area contributed by atoms with Crippen LogP contribution < -0.4 is 5.73 Å². The van der Waals surface area contributed by atoms with Gasteiger partial charge >= 0.3 is 0 Å². The first-order valence-electron chi connectivity index (χ1n) is 4.08. The van der Waals surface area contributed by atoms with Crippen LogP contribution >= 0.6 is 0 Å². The fourth-order valence-electron chi connectivity index (χ4n) is 1.24. The lowest BCUT2D eigenvalue weighted by atomic mass is 9.92. The summed E-state index contributed by atoms with van der Waals surface area (Å²) in [4.78, 5) is 10.7. The van der Waals surface area contributed by atoms with E-state index in [4.69, 9.17) is 5.73 Å². The van der Waals surface area contributed by atoms with Crippen molar-refractivity contribution < 1.29 is 9.90 Å². The highest BCUT2D eigenvalue weighted by molar-refractivity contribution is 5.75. The molecule has 0 bridgehead atoms. The van der Waals surface area contributed by atoms with Gasteiger partial charge in [0.25, 0.3) is 0 Å². The lowest BCUT2D eigenvalue weighted by molar-refractivity contribution is -0.122. The Bertz CT molecular complexity index is 293. The molecule has 3 nitrogen and oxygen atoms in total. The van der Waals surface area contributed by atoms with Gasteiger partial charge in [0.1, 0.15) is 0 Å². The van der Waals surface area contributed by atoms with Crippen LogP contribution in [-0.4, -0.2) is 11.0 Å². The summed E-state index contributed by atoms with van der Waals surface area (Å²) in [6.45, 7) is 1.58. The van der Waals surface area contributed by atoms with Crippen molar-refractivity contribution >= 4 is 5.91 Å². The first kappa shape index (κ1) is 9.74. The summed E-state index contributed by atoms with van der Waals surface area (Å²) in [7, 11) is 0. The third-order valence-electron chi connectivity index (χ3n) is 1.91. The van der Waals surface area contributed by atoms with E-state index in [0.717, 1.165) is 0 Å². The number of carbonyl (C=O) groups is 1. The van der Waals surface area contributed by atoms with Crippen LogP contribution in [0.1, 0.15) is 18.9 Å². The van der Waals surface area contributed by atoms with Gasteiger partial charge in [0.2, 0.25) is 5.91 Å². The second kappa shape index (κ2) is 3.58. The number of rotatable bonds is 3. The lowest BCUT2D eigenvalue weighted by Gasteiger charge is -2.21. The Morgan fingerprint density at radius 3 is 2.46 bits per heavy atom. The van der Waals surface area contributed by atoms with Gasteiger partial charge < -0.3 is 10.8 Å². The molecule has 70 valence electrons. The van der Waals surface area contributed by atoms with Crippen LogP contribution in [0.4, 0.5) is 0 Å². The maximum atomic E-state index is 10.7. The SMILES string of the molecule is C[C@@](O)(CC(N)=O)c1ccccc1. The summed E-state index contributed by atoms with van der Waals surface area (Å²) in [5.41, 5.74) is 4.56. The number of aliphatic hydroxyl groups is 1.